The number of benzene rings is 2. The standard InChI is InChI=1S/C22H23F4N3O4S2/c1-20(2,3)34(31)29-21(4,13-35(32,33)17-9-6-15(23)7-10-17)19(30)28-16-8-5-14(12-27)18(11-16)22(24,25)26/h5-11,29H,13H2,1-4H3,(H,28,30)/t21-,34?/m1/s1. The average molecular weight is 534 g/mol. The van der Waals surface area contributed by atoms with Gasteiger partial charge >= 0.3 is 6.18 Å². The predicted octanol–water partition coefficient (Wildman–Crippen LogP) is 3.94. The Morgan fingerprint density at radius 1 is 1.06 bits per heavy atom. The minimum atomic E-state index is -4.88. The number of carbonyl (C=O) groups excluding carboxylic acids is 1. The molecule has 2 atom stereocenters. The monoisotopic (exact) mass is 533 g/mol. The third-order valence-electron chi connectivity index (χ3n) is 4.73. The molecule has 0 fully saturated rings. The molecule has 0 heterocycles. The van der Waals surface area contributed by atoms with E-state index in [2.05, 4.69) is 10.0 Å². The first kappa shape index (κ1) is 28.4. The smallest absolute Gasteiger partial charge is 0.324 e. The van der Waals surface area contributed by atoms with Gasteiger partial charge in [0, 0.05) is 5.69 Å². The Balaban J connectivity index is 2.49. The normalized spacial score (nSPS) is 15.1. The van der Waals surface area contributed by atoms with Crippen LogP contribution in [-0.2, 0) is 31.8 Å². The van der Waals surface area contributed by atoms with Crippen LogP contribution in [-0.4, -0.2) is 34.6 Å². The summed E-state index contributed by atoms with van der Waals surface area (Å²) in [6.07, 6.45) is -4.88. The Bertz CT molecular complexity index is 1280. The van der Waals surface area contributed by atoms with Crippen LogP contribution in [0.15, 0.2) is 47.4 Å². The number of sulfone groups is 1. The van der Waals surface area contributed by atoms with Gasteiger partial charge in [-0.3, -0.25) is 4.79 Å². The van der Waals surface area contributed by atoms with Crippen molar-refractivity contribution in [1.82, 2.24) is 4.72 Å². The molecule has 0 bridgehead atoms. The molecule has 0 aromatic heterocycles. The Morgan fingerprint density at radius 2 is 1.63 bits per heavy atom. The highest BCUT2D eigenvalue weighted by Crippen LogP contribution is 2.34. The lowest BCUT2D eigenvalue weighted by Crippen LogP contribution is -2.59. The summed E-state index contributed by atoms with van der Waals surface area (Å²) in [5, 5.41) is 11.2. The van der Waals surface area contributed by atoms with Crippen LogP contribution in [0.2, 0.25) is 0 Å². The summed E-state index contributed by atoms with van der Waals surface area (Å²) in [6.45, 7) is 5.85. The first-order valence-corrected chi connectivity index (χ1v) is 12.8. The SMILES string of the molecule is CC(C)(C)S(=O)N[C@](C)(CS(=O)(=O)c1ccc(F)cc1)C(=O)Nc1ccc(C#N)c(C(F)(F)F)c1. The van der Waals surface area contributed by atoms with Crippen LogP contribution in [0.25, 0.3) is 0 Å². The van der Waals surface area contributed by atoms with Crippen LogP contribution in [0.3, 0.4) is 0 Å². The Morgan fingerprint density at radius 3 is 2.11 bits per heavy atom. The van der Waals surface area contributed by atoms with Gasteiger partial charge in [0.15, 0.2) is 9.84 Å². The van der Waals surface area contributed by atoms with Crippen LogP contribution in [0.4, 0.5) is 23.2 Å². The lowest BCUT2D eigenvalue weighted by Gasteiger charge is -2.32. The molecule has 1 unspecified atom stereocenters. The van der Waals surface area contributed by atoms with Crippen molar-refractivity contribution in [3.8, 4) is 6.07 Å². The van der Waals surface area contributed by atoms with Crippen LogP contribution >= 0.6 is 0 Å². The number of nitrogens with one attached hydrogen (secondary N) is 2. The molecule has 35 heavy (non-hydrogen) atoms. The van der Waals surface area contributed by atoms with Gasteiger partial charge in [-0.1, -0.05) is 0 Å². The number of amides is 1. The van der Waals surface area contributed by atoms with Crippen LogP contribution in [0.5, 0.6) is 0 Å². The number of hydrogen-bond donors (Lipinski definition) is 2. The van der Waals surface area contributed by atoms with Crippen molar-refractivity contribution < 1.29 is 35.0 Å². The first-order chi connectivity index (χ1) is 15.9. The molecule has 190 valence electrons. The fourth-order valence-electron chi connectivity index (χ4n) is 2.83. The number of carbonyl (C=O) groups is 1. The third kappa shape index (κ3) is 7.09. The number of halogens is 4. The van der Waals surface area contributed by atoms with Crippen molar-refractivity contribution in [3.05, 3.63) is 59.4 Å². The van der Waals surface area contributed by atoms with E-state index in [1.165, 1.54) is 6.07 Å². The predicted molar refractivity (Wildman–Crippen MR) is 123 cm³/mol. The highest BCUT2D eigenvalue weighted by molar-refractivity contribution is 7.91. The van der Waals surface area contributed by atoms with Crippen molar-refractivity contribution in [2.24, 2.45) is 0 Å². The maximum Gasteiger partial charge on any atom is 0.417 e. The zero-order valence-electron chi connectivity index (χ0n) is 19.2. The number of nitriles is 1. The van der Waals surface area contributed by atoms with Gasteiger partial charge in [-0.2, -0.15) is 18.4 Å². The van der Waals surface area contributed by atoms with Gasteiger partial charge in [0.25, 0.3) is 0 Å². The molecular formula is C22H23F4N3O4S2. The third-order valence-corrected chi connectivity index (χ3v) is 8.43. The van der Waals surface area contributed by atoms with Crippen molar-refractivity contribution >= 4 is 32.4 Å². The second-order valence-electron chi connectivity index (χ2n) is 8.85. The Labute approximate surface area is 203 Å². The second kappa shape index (κ2) is 10.0. The molecule has 2 rings (SSSR count). The van der Waals surface area contributed by atoms with E-state index in [1.54, 1.807) is 20.8 Å². The molecule has 2 aromatic rings. The van der Waals surface area contributed by atoms with E-state index in [4.69, 9.17) is 5.26 Å². The summed E-state index contributed by atoms with van der Waals surface area (Å²) in [4.78, 5) is 12.9. The summed E-state index contributed by atoms with van der Waals surface area (Å²) in [5.41, 5.74) is -4.39. The molecule has 0 aliphatic rings. The maximum atomic E-state index is 13.3. The maximum absolute atomic E-state index is 13.3. The number of rotatable bonds is 7. The summed E-state index contributed by atoms with van der Waals surface area (Å²) < 4.78 is 93.5. The fraction of sp³-hybridized carbons (Fsp3) is 0.364. The summed E-state index contributed by atoms with van der Waals surface area (Å²) in [5.74, 6) is -2.71. The van der Waals surface area contributed by atoms with Crippen molar-refractivity contribution in [2.45, 2.75) is 49.1 Å². The van der Waals surface area contributed by atoms with E-state index >= 15 is 0 Å². The van der Waals surface area contributed by atoms with Crippen molar-refractivity contribution in [3.63, 3.8) is 0 Å². The minimum absolute atomic E-state index is 0.306. The van der Waals surface area contributed by atoms with E-state index in [0.29, 0.717) is 6.07 Å². The summed E-state index contributed by atoms with van der Waals surface area (Å²) in [6, 6.07) is 7.72. The molecule has 0 aliphatic carbocycles. The molecule has 0 radical (unpaired) electrons. The zero-order valence-corrected chi connectivity index (χ0v) is 20.8. The summed E-state index contributed by atoms with van der Waals surface area (Å²) in [7, 11) is -6.21. The number of anilines is 1. The lowest BCUT2D eigenvalue weighted by atomic mass is 10.0. The number of nitrogens with zero attached hydrogens (tertiary/aromatic N) is 1. The molecule has 0 aliphatic heterocycles. The van der Waals surface area contributed by atoms with Crippen LogP contribution in [0.1, 0.15) is 38.8 Å². The van der Waals surface area contributed by atoms with Gasteiger partial charge in [0.1, 0.15) is 11.4 Å². The quantitative estimate of drug-likeness (QED) is 0.413. The Hall–Kier alpha value is -2.82. The van der Waals surface area contributed by atoms with Crippen LogP contribution in [0, 0.1) is 17.1 Å². The van der Waals surface area contributed by atoms with Gasteiger partial charge < -0.3 is 5.32 Å². The van der Waals surface area contributed by atoms with E-state index in [1.807, 2.05) is 0 Å². The molecule has 0 spiro atoms. The zero-order chi connectivity index (χ0) is 26.8. The largest absolute Gasteiger partial charge is 0.417 e. The topological polar surface area (TPSA) is 116 Å². The van der Waals surface area contributed by atoms with Gasteiger partial charge in [-0.25, -0.2) is 21.7 Å². The van der Waals surface area contributed by atoms with Gasteiger partial charge in [0.05, 0.1) is 43.6 Å². The molecular weight excluding hydrogens is 510 g/mol. The Kier molecular flexibility index (Phi) is 8.15. The van der Waals surface area contributed by atoms with E-state index < -0.39 is 65.9 Å². The van der Waals surface area contributed by atoms with Crippen molar-refractivity contribution in [1.29, 1.82) is 5.26 Å². The first-order valence-electron chi connectivity index (χ1n) is 10.00. The highest BCUT2D eigenvalue weighted by atomic mass is 32.2. The molecule has 13 heteroatoms. The van der Waals surface area contributed by atoms with Crippen molar-refractivity contribution in [2.75, 3.05) is 11.1 Å². The highest BCUT2D eigenvalue weighted by Gasteiger charge is 2.42. The van der Waals surface area contributed by atoms with Gasteiger partial charge in [0.2, 0.25) is 5.91 Å². The van der Waals surface area contributed by atoms with Gasteiger partial charge in [-0.05, 0) is 70.2 Å². The minimum Gasteiger partial charge on any atom is -0.324 e. The molecule has 7 nitrogen and oxygen atoms in total. The van der Waals surface area contributed by atoms with Crippen LogP contribution < -0.4 is 10.0 Å². The number of alkyl halides is 3. The molecule has 1 amide bonds. The molecule has 2 aromatic carbocycles. The van der Waals surface area contributed by atoms with E-state index in [-0.39, 0.29) is 10.6 Å². The number of hydrogen-bond acceptors (Lipinski definition) is 5. The molecule has 0 saturated carbocycles. The van der Waals surface area contributed by atoms with E-state index in [9.17, 15) is 35.0 Å². The molecule has 0 saturated heterocycles. The fourth-order valence-corrected chi connectivity index (χ4v) is 5.48. The second-order valence-corrected chi connectivity index (χ2v) is 12.8. The summed E-state index contributed by atoms with van der Waals surface area (Å²) >= 11 is 0. The van der Waals surface area contributed by atoms with E-state index in [0.717, 1.165) is 43.3 Å². The average Bonchev–Trinajstić information content (AvgIpc) is 2.72. The lowest BCUT2D eigenvalue weighted by molar-refractivity contribution is -0.137. The van der Waals surface area contributed by atoms with Gasteiger partial charge in [-0.15, -0.1) is 0 Å². The molecule has 2 N–H and O–H groups in total.